The first-order valence-electron chi connectivity index (χ1n) is 5.46. The van der Waals surface area contributed by atoms with E-state index >= 15 is 0 Å². The Morgan fingerprint density at radius 2 is 2.11 bits per heavy atom. The summed E-state index contributed by atoms with van der Waals surface area (Å²) >= 11 is 6.03. The molecule has 0 saturated carbocycles. The van der Waals surface area contributed by atoms with Crippen molar-refractivity contribution < 1.29 is 4.52 Å². The number of hydrogen-bond acceptors (Lipinski definition) is 6. The molecule has 1 unspecified atom stereocenters. The van der Waals surface area contributed by atoms with Crippen LogP contribution in [0, 0.1) is 13.8 Å². The maximum atomic E-state index is 6.03. The highest BCUT2D eigenvalue weighted by Crippen LogP contribution is 2.29. The molecule has 1 atom stereocenters. The third kappa shape index (κ3) is 2.24. The van der Waals surface area contributed by atoms with Crippen molar-refractivity contribution in [1.82, 2.24) is 15.1 Å². The first kappa shape index (κ1) is 12.6. The quantitative estimate of drug-likeness (QED) is 0.888. The molecule has 18 heavy (non-hydrogen) atoms. The predicted molar refractivity (Wildman–Crippen MR) is 69.5 cm³/mol. The molecule has 0 radical (unpaired) electrons. The molecule has 2 rings (SSSR count). The molecule has 3 N–H and O–H groups in total. The maximum Gasteiger partial charge on any atom is 0.150 e. The maximum absolute atomic E-state index is 6.03. The number of aromatic nitrogens is 3. The van der Waals surface area contributed by atoms with Crippen molar-refractivity contribution in [2.75, 3.05) is 11.1 Å². The van der Waals surface area contributed by atoms with Gasteiger partial charge in [0, 0.05) is 5.56 Å². The number of nitrogen functional groups attached to an aromatic ring is 1. The Bertz CT molecular complexity index is 549. The molecular weight excluding hydrogens is 254 g/mol. The normalized spacial score (nSPS) is 12.4. The Morgan fingerprint density at radius 1 is 1.39 bits per heavy atom. The number of hydrogen-bond donors (Lipinski definition) is 2. The average molecular weight is 268 g/mol. The second-order valence-corrected chi connectivity index (χ2v) is 4.40. The first-order chi connectivity index (χ1) is 8.50. The van der Waals surface area contributed by atoms with Crippen LogP contribution in [-0.2, 0) is 0 Å². The second kappa shape index (κ2) is 4.81. The summed E-state index contributed by atoms with van der Waals surface area (Å²) < 4.78 is 5.13. The summed E-state index contributed by atoms with van der Waals surface area (Å²) in [5, 5.41) is 7.40. The lowest BCUT2D eigenvalue weighted by atomic mass is 10.1. The summed E-state index contributed by atoms with van der Waals surface area (Å²) in [5.74, 6) is 1.52. The lowest BCUT2D eigenvalue weighted by molar-refractivity contribution is 0.392. The summed E-state index contributed by atoms with van der Waals surface area (Å²) in [4.78, 5) is 7.87. The molecule has 0 fully saturated rings. The molecule has 2 heterocycles. The zero-order valence-corrected chi connectivity index (χ0v) is 11.1. The van der Waals surface area contributed by atoms with Gasteiger partial charge < -0.3 is 15.6 Å². The Labute approximate surface area is 110 Å². The molecule has 0 bridgehead atoms. The van der Waals surface area contributed by atoms with Crippen LogP contribution in [0.5, 0.6) is 0 Å². The number of nitrogens with one attached hydrogen (secondary N) is 1. The van der Waals surface area contributed by atoms with Crippen LogP contribution in [0.1, 0.15) is 30.0 Å². The fraction of sp³-hybridized carbons (Fsp3) is 0.364. The molecule has 0 saturated heterocycles. The van der Waals surface area contributed by atoms with E-state index in [4.69, 9.17) is 21.9 Å². The average Bonchev–Trinajstić information content (AvgIpc) is 2.65. The van der Waals surface area contributed by atoms with Gasteiger partial charge in [-0.3, -0.25) is 0 Å². The SMILES string of the molecule is Cc1noc(C)c1C(C)Nc1ncnc(N)c1Cl. The smallest absolute Gasteiger partial charge is 0.150 e. The minimum absolute atomic E-state index is 0.0388. The van der Waals surface area contributed by atoms with Gasteiger partial charge in [0.1, 0.15) is 22.9 Å². The van der Waals surface area contributed by atoms with Crippen molar-refractivity contribution in [3.63, 3.8) is 0 Å². The largest absolute Gasteiger partial charge is 0.382 e. The van der Waals surface area contributed by atoms with Gasteiger partial charge in [-0.25, -0.2) is 9.97 Å². The second-order valence-electron chi connectivity index (χ2n) is 4.03. The first-order valence-corrected chi connectivity index (χ1v) is 5.83. The van der Waals surface area contributed by atoms with E-state index in [1.165, 1.54) is 6.33 Å². The van der Waals surface area contributed by atoms with E-state index in [2.05, 4.69) is 20.4 Å². The number of aryl methyl sites for hydroxylation is 2. The van der Waals surface area contributed by atoms with Crippen LogP contribution >= 0.6 is 11.6 Å². The van der Waals surface area contributed by atoms with Crippen LogP contribution < -0.4 is 11.1 Å². The van der Waals surface area contributed by atoms with E-state index in [1.807, 2.05) is 20.8 Å². The van der Waals surface area contributed by atoms with Crippen LogP contribution in [-0.4, -0.2) is 15.1 Å². The van der Waals surface area contributed by atoms with Crippen molar-refractivity contribution in [3.8, 4) is 0 Å². The van der Waals surface area contributed by atoms with Gasteiger partial charge in [-0.15, -0.1) is 0 Å². The number of halogens is 1. The Kier molecular flexibility index (Phi) is 3.38. The summed E-state index contributed by atoms with van der Waals surface area (Å²) in [6.07, 6.45) is 1.36. The van der Waals surface area contributed by atoms with E-state index in [0.717, 1.165) is 17.0 Å². The van der Waals surface area contributed by atoms with Crippen molar-refractivity contribution in [2.24, 2.45) is 0 Å². The van der Waals surface area contributed by atoms with Gasteiger partial charge in [-0.05, 0) is 20.8 Å². The van der Waals surface area contributed by atoms with Gasteiger partial charge in [0.25, 0.3) is 0 Å². The van der Waals surface area contributed by atoms with Gasteiger partial charge in [-0.1, -0.05) is 16.8 Å². The summed E-state index contributed by atoms with van der Waals surface area (Å²) in [7, 11) is 0. The molecule has 0 aliphatic rings. The molecule has 0 aliphatic heterocycles. The topological polar surface area (TPSA) is 89.9 Å². The van der Waals surface area contributed by atoms with E-state index < -0.39 is 0 Å². The number of nitrogens with two attached hydrogens (primary N) is 1. The molecular formula is C11H14ClN5O. The lowest BCUT2D eigenvalue weighted by Gasteiger charge is -2.15. The minimum atomic E-state index is -0.0388. The lowest BCUT2D eigenvalue weighted by Crippen LogP contribution is -2.11. The Morgan fingerprint density at radius 3 is 2.72 bits per heavy atom. The van der Waals surface area contributed by atoms with Crippen LogP contribution in [0.25, 0.3) is 0 Å². The van der Waals surface area contributed by atoms with Crippen LogP contribution in [0.4, 0.5) is 11.6 Å². The van der Waals surface area contributed by atoms with Gasteiger partial charge in [0.15, 0.2) is 5.82 Å². The van der Waals surface area contributed by atoms with Gasteiger partial charge in [0.2, 0.25) is 0 Å². The number of anilines is 2. The van der Waals surface area contributed by atoms with Crippen molar-refractivity contribution in [1.29, 1.82) is 0 Å². The highest BCUT2D eigenvalue weighted by molar-refractivity contribution is 6.35. The van der Waals surface area contributed by atoms with Gasteiger partial charge >= 0.3 is 0 Å². The fourth-order valence-corrected chi connectivity index (χ4v) is 2.02. The van der Waals surface area contributed by atoms with Crippen molar-refractivity contribution >= 4 is 23.2 Å². The van der Waals surface area contributed by atoms with Crippen LogP contribution in [0.3, 0.4) is 0 Å². The standard InChI is InChI=1S/C11H14ClN5O/c1-5(8-6(2)17-18-7(8)3)16-11-9(12)10(13)14-4-15-11/h4-5H,1-3H3,(H3,13,14,15,16). The molecule has 2 aromatic rings. The summed E-state index contributed by atoms with van der Waals surface area (Å²) in [5.41, 5.74) is 7.45. The molecule has 6 nitrogen and oxygen atoms in total. The molecule has 7 heteroatoms. The summed E-state index contributed by atoms with van der Waals surface area (Å²) in [6, 6.07) is -0.0388. The zero-order valence-electron chi connectivity index (χ0n) is 10.4. The number of rotatable bonds is 3. The highest BCUT2D eigenvalue weighted by atomic mass is 35.5. The number of nitrogens with zero attached hydrogens (tertiary/aromatic N) is 3. The zero-order chi connectivity index (χ0) is 13.3. The third-order valence-electron chi connectivity index (χ3n) is 2.69. The molecule has 0 amide bonds. The van der Waals surface area contributed by atoms with Crippen LogP contribution in [0.15, 0.2) is 10.9 Å². The molecule has 0 spiro atoms. The van der Waals surface area contributed by atoms with E-state index in [9.17, 15) is 0 Å². The highest BCUT2D eigenvalue weighted by Gasteiger charge is 2.18. The Hall–Kier alpha value is -1.82. The third-order valence-corrected chi connectivity index (χ3v) is 3.06. The van der Waals surface area contributed by atoms with Crippen molar-refractivity contribution in [3.05, 3.63) is 28.4 Å². The van der Waals surface area contributed by atoms with Crippen molar-refractivity contribution in [2.45, 2.75) is 26.8 Å². The van der Waals surface area contributed by atoms with Crippen LogP contribution in [0.2, 0.25) is 5.02 Å². The molecule has 0 aromatic carbocycles. The molecule has 96 valence electrons. The fourth-order valence-electron chi connectivity index (χ4n) is 1.87. The van der Waals surface area contributed by atoms with Gasteiger partial charge in [0.05, 0.1) is 11.7 Å². The predicted octanol–water partition coefficient (Wildman–Crippen LogP) is 2.49. The Balaban J connectivity index is 2.27. The van der Waals surface area contributed by atoms with E-state index in [-0.39, 0.29) is 11.9 Å². The van der Waals surface area contributed by atoms with E-state index in [0.29, 0.717) is 10.8 Å². The molecule has 2 aromatic heterocycles. The van der Waals surface area contributed by atoms with E-state index in [1.54, 1.807) is 0 Å². The van der Waals surface area contributed by atoms with Gasteiger partial charge in [-0.2, -0.15) is 0 Å². The summed E-state index contributed by atoms with van der Waals surface area (Å²) in [6.45, 7) is 5.73. The monoisotopic (exact) mass is 267 g/mol. The molecule has 0 aliphatic carbocycles. The minimum Gasteiger partial charge on any atom is -0.382 e.